The Hall–Kier alpha value is -1.09. The van der Waals surface area contributed by atoms with Gasteiger partial charge < -0.3 is 11.5 Å². The lowest BCUT2D eigenvalue weighted by Gasteiger charge is -2.16. The Balaban J connectivity index is 2.94. The molecule has 4 N–H and O–H groups in total. The van der Waals surface area contributed by atoms with Crippen molar-refractivity contribution in [3.63, 3.8) is 0 Å². The number of nitrogens with zero attached hydrogens (tertiary/aromatic N) is 1. The number of hydrogen-bond donors (Lipinski definition) is 2. The molecule has 1 aromatic heterocycles. The van der Waals surface area contributed by atoms with Crippen LogP contribution in [0.3, 0.4) is 0 Å². The van der Waals surface area contributed by atoms with E-state index >= 15 is 0 Å². The third kappa shape index (κ3) is 1.74. The van der Waals surface area contributed by atoms with Gasteiger partial charge in [-0.25, -0.2) is 0 Å². The highest BCUT2D eigenvalue weighted by Crippen LogP contribution is 2.22. The molecule has 0 amide bonds. The molecule has 3 nitrogen and oxygen atoms in total. The summed E-state index contributed by atoms with van der Waals surface area (Å²) in [5.41, 5.74) is 13.3. The van der Waals surface area contributed by atoms with E-state index in [0.29, 0.717) is 5.92 Å². The molecule has 0 spiro atoms. The monoisotopic (exact) mass is 165 g/mol. The van der Waals surface area contributed by atoms with E-state index in [0.717, 1.165) is 11.3 Å². The highest BCUT2D eigenvalue weighted by molar-refractivity contribution is 5.46. The van der Waals surface area contributed by atoms with E-state index in [-0.39, 0.29) is 6.04 Å². The van der Waals surface area contributed by atoms with Gasteiger partial charge in [-0.2, -0.15) is 0 Å². The molecule has 12 heavy (non-hydrogen) atoms. The summed E-state index contributed by atoms with van der Waals surface area (Å²) in [6.45, 7) is 4.13. The van der Waals surface area contributed by atoms with E-state index in [4.69, 9.17) is 11.5 Å². The average Bonchev–Trinajstić information content (AvgIpc) is 2.04. The first kappa shape index (κ1) is 9.00. The summed E-state index contributed by atoms with van der Waals surface area (Å²) in [5.74, 6) is 0.386. The molecule has 1 aromatic rings. The Labute approximate surface area is 72.8 Å². The molecule has 0 fully saturated rings. The van der Waals surface area contributed by atoms with Crippen molar-refractivity contribution in [2.24, 2.45) is 11.7 Å². The summed E-state index contributed by atoms with van der Waals surface area (Å²) >= 11 is 0. The lowest BCUT2D eigenvalue weighted by atomic mass is 9.97. The standard InChI is InChI=1S/C9H15N3/c1-6(2)9(11)7-5-12-4-3-8(7)10/h3-6,9H,11H2,1-2H3,(H2,10,12). The minimum Gasteiger partial charge on any atom is -0.398 e. The summed E-state index contributed by atoms with van der Waals surface area (Å²) in [6.07, 6.45) is 3.41. The predicted octanol–water partition coefficient (Wildman–Crippen LogP) is 1.32. The Kier molecular flexibility index (Phi) is 2.65. The van der Waals surface area contributed by atoms with Crippen LogP contribution >= 0.6 is 0 Å². The summed E-state index contributed by atoms with van der Waals surface area (Å²) in [6, 6.07) is 1.76. The van der Waals surface area contributed by atoms with Crippen LogP contribution in [0.4, 0.5) is 5.69 Å². The molecule has 0 bridgehead atoms. The van der Waals surface area contributed by atoms with E-state index in [2.05, 4.69) is 18.8 Å². The fourth-order valence-electron chi connectivity index (χ4n) is 1.06. The normalized spacial score (nSPS) is 13.3. The number of anilines is 1. The van der Waals surface area contributed by atoms with E-state index in [1.165, 1.54) is 0 Å². The first-order valence-electron chi connectivity index (χ1n) is 4.08. The van der Waals surface area contributed by atoms with Gasteiger partial charge in [-0.3, -0.25) is 4.98 Å². The van der Waals surface area contributed by atoms with E-state index < -0.39 is 0 Å². The van der Waals surface area contributed by atoms with E-state index in [1.54, 1.807) is 18.5 Å². The van der Waals surface area contributed by atoms with Crippen molar-refractivity contribution in [3.05, 3.63) is 24.0 Å². The number of hydrogen-bond acceptors (Lipinski definition) is 3. The zero-order valence-corrected chi connectivity index (χ0v) is 7.49. The van der Waals surface area contributed by atoms with Crippen molar-refractivity contribution in [2.45, 2.75) is 19.9 Å². The summed E-state index contributed by atoms with van der Waals surface area (Å²) in [7, 11) is 0. The molecule has 1 rings (SSSR count). The minimum atomic E-state index is -0.0151. The Morgan fingerprint density at radius 1 is 1.42 bits per heavy atom. The maximum absolute atomic E-state index is 5.92. The molecule has 0 saturated heterocycles. The van der Waals surface area contributed by atoms with Crippen LogP contribution < -0.4 is 11.5 Å². The van der Waals surface area contributed by atoms with E-state index in [1.807, 2.05) is 0 Å². The maximum Gasteiger partial charge on any atom is 0.0393 e. The van der Waals surface area contributed by atoms with Crippen LogP contribution in [0.1, 0.15) is 25.5 Å². The highest BCUT2D eigenvalue weighted by Gasteiger charge is 2.12. The van der Waals surface area contributed by atoms with Crippen molar-refractivity contribution < 1.29 is 0 Å². The molecule has 1 atom stereocenters. The smallest absolute Gasteiger partial charge is 0.0393 e. The summed E-state index contributed by atoms with van der Waals surface area (Å²) < 4.78 is 0. The topological polar surface area (TPSA) is 64.9 Å². The van der Waals surface area contributed by atoms with Gasteiger partial charge in [-0.1, -0.05) is 13.8 Å². The molecule has 0 aliphatic heterocycles. The van der Waals surface area contributed by atoms with Gasteiger partial charge >= 0.3 is 0 Å². The summed E-state index contributed by atoms with van der Waals surface area (Å²) in [5, 5.41) is 0. The molecule has 0 aliphatic carbocycles. The van der Waals surface area contributed by atoms with Crippen LogP contribution in [0.5, 0.6) is 0 Å². The van der Waals surface area contributed by atoms with Crippen molar-refractivity contribution >= 4 is 5.69 Å². The Morgan fingerprint density at radius 2 is 2.08 bits per heavy atom. The largest absolute Gasteiger partial charge is 0.398 e. The minimum absolute atomic E-state index is 0.0151. The highest BCUT2D eigenvalue weighted by atomic mass is 14.7. The Bertz CT molecular complexity index is 258. The van der Waals surface area contributed by atoms with Crippen molar-refractivity contribution in [2.75, 3.05) is 5.73 Å². The zero-order valence-electron chi connectivity index (χ0n) is 7.49. The fourth-order valence-corrected chi connectivity index (χ4v) is 1.06. The van der Waals surface area contributed by atoms with Crippen LogP contribution in [0.25, 0.3) is 0 Å². The fraction of sp³-hybridized carbons (Fsp3) is 0.444. The lowest BCUT2D eigenvalue weighted by Crippen LogP contribution is -2.18. The van der Waals surface area contributed by atoms with Crippen molar-refractivity contribution in [3.8, 4) is 0 Å². The van der Waals surface area contributed by atoms with Crippen LogP contribution in [0.2, 0.25) is 0 Å². The van der Waals surface area contributed by atoms with Crippen LogP contribution in [-0.2, 0) is 0 Å². The second kappa shape index (κ2) is 3.54. The first-order valence-corrected chi connectivity index (χ1v) is 4.08. The van der Waals surface area contributed by atoms with Crippen LogP contribution in [-0.4, -0.2) is 4.98 Å². The second-order valence-corrected chi connectivity index (χ2v) is 3.27. The van der Waals surface area contributed by atoms with Gasteiger partial charge in [-0.15, -0.1) is 0 Å². The number of rotatable bonds is 2. The van der Waals surface area contributed by atoms with E-state index in [9.17, 15) is 0 Å². The molecule has 0 aliphatic rings. The molecule has 0 saturated carbocycles. The molecule has 1 heterocycles. The lowest BCUT2D eigenvalue weighted by molar-refractivity contribution is 0.514. The third-order valence-electron chi connectivity index (χ3n) is 1.96. The van der Waals surface area contributed by atoms with Gasteiger partial charge in [0.15, 0.2) is 0 Å². The van der Waals surface area contributed by atoms with Gasteiger partial charge in [0.1, 0.15) is 0 Å². The number of aromatic nitrogens is 1. The predicted molar refractivity (Wildman–Crippen MR) is 50.4 cm³/mol. The van der Waals surface area contributed by atoms with Crippen LogP contribution in [0.15, 0.2) is 18.5 Å². The molecule has 0 radical (unpaired) electrons. The third-order valence-corrected chi connectivity index (χ3v) is 1.96. The number of pyridine rings is 1. The van der Waals surface area contributed by atoms with Gasteiger partial charge in [0.25, 0.3) is 0 Å². The van der Waals surface area contributed by atoms with Gasteiger partial charge in [0.2, 0.25) is 0 Å². The van der Waals surface area contributed by atoms with Gasteiger partial charge in [-0.05, 0) is 12.0 Å². The van der Waals surface area contributed by atoms with Crippen molar-refractivity contribution in [1.29, 1.82) is 0 Å². The first-order chi connectivity index (χ1) is 5.63. The van der Waals surface area contributed by atoms with Gasteiger partial charge in [0.05, 0.1) is 0 Å². The maximum atomic E-state index is 5.92. The SMILES string of the molecule is CC(C)C(N)c1cnccc1N. The molecule has 1 unspecified atom stereocenters. The van der Waals surface area contributed by atoms with Gasteiger partial charge in [0, 0.05) is 29.7 Å². The molecule has 3 heteroatoms. The molecule has 0 aromatic carbocycles. The summed E-state index contributed by atoms with van der Waals surface area (Å²) in [4.78, 5) is 3.99. The second-order valence-electron chi connectivity index (χ2n) is 3.27. The zero-order chi connectivity index (χ0) is 9.14. The number of nitrogens with two attached hydrogens (primary N) is 2. The van der Waals surface area contributed by atoms with Crippen molar-refractivity contribution in [1.82, 2.24) is 4.98 Å². The Morgan fingerprint density at radius 3 is 2.58 bits per heavy atom. The molecular weight excluding hydrogens is 150 g/mol. The molecule has 66 valence electrons. The quantitative estimate of drug-likeness (QED) is 0.694. The van der Waals surface area contributed by atoms with Crippen LogP contribution in [0, 0.1) is 5.92 Å². The average molecular weight is 165 g/mol. The molecular formula is C9H15N3. The number of nitrogen functional groups attached to an aromatic ring is 1.